The molecule has 0 radical (unpaired) electrons. The van der Waals surface area contributed by atoms with Gasteiger partial charge in [-0.1, -0.05) is 72.0 Å². The first-order valence-electron chi connectivity index (χ1n) is 9.15. The van der Waals surface area contributed by atoms with Crippen LogP contribution in [0.15, 0.2) is 53.4 Å². The highest BCUT2D eigenvalue weighted by atomic mass is 32.2. The van der Waals surface area contributed by atoms with Gasteiger partial charge in [-0.15, -0.1) is 0 Å². The molecule has 0 aromatic heterocycles. The minimum absolute atomic E-state index is 0.0407. The van der Waals surface area contributed by atoms with Gasteiger partial charge in [0.15, 0.2) is 0 Å². The van der Waals surface area contributed by atoms with E-state index < -0.39 is 0 Å². The van der Waals surface area contributed by atoms with Crippen molar-refractivity contribution in [2.45, 2.75) is 33.4 Å². The number of amides is 2. The molecule has 0 spiro atoms. The van der Waals surface area contributed by atoms with E-state index in [2.05, 4.69) is 0 Å². The van der Waals surface area contributed by atoms with Crippen LogP contribution in [0.4, 0.5) is 5.69 Å². The number of fused-ring (bicyclic) bond motifs is 1. The van der Waals surface area contributed by atoms with E-state index in [9.17, 15) is 9.59 Å². The lowest BCUT2D eigenvalue weighted by molar-refractivity contribution is -0.123. The molecular formula is C22H20N2O2S2. The molecular weight excluding hydrogens is 388 g/mol. The number of anilines is 1. The molecule has 2 aliphatic heterocycles. The predicted molar refractivity (Wildman–Crippen MR) is 118 cm³/mol. The number of hydrogen-bond acceptors (Lipinski definition) is 4. The minimum atomic E-state index is -0.180. The molecule has 2 aromatic rings. The molecule has 0 saturated carbocycles. The maximum atomic E-state index is 13.4. The van der Waals surface area contributed by atoms with Gasteiger partial charge in [0.1, 0.15) is 4.32 Å². The minimum Gasteiger partial charge on any atom is -0.303 e. The molecule has 1 fully saturated rings. The average molecular weight is 409 g/mol. The van der Waals surface area contributed by atoms with Gasteiger partial charge < -0.3 is 4.90 Å². The van der Waals surface area contributed by atoms with Gasteiger partial charge in [0.2, 0.25) is 0 Å². The molecule has 0 unspecified atom stereocenters. The molecule has 2 aromatic carbocycles. The molecule has 0 N–H and O–H groups in total. The Morgan fingerprint density at radius 3 is 2.32 bits per heavy atom. The Kier molecular flexibility index (Phi) is 4.85. The third-order valence-corrected chi connectivity index (χ3v) is 6.33. The zero-order valence-electron chi connectivity index (χ0n) is 15.9. The Bertz CT molecular complexity index is 1030. The highest BCUT2D eigenvalue weighted by Gasteiger charge is 2.42. The number of rotatable bonds is 3. The summed E-state index contributed by atoms with van der Waals surface area (Å²) in [6.07, 6.45) is 0. The molecule has 1 saturated heterocycles. The van der Waals surface area contributed by atoms with E-state index >= 15 is 0 Å². The monoisotopic (exact) mass is 408 g/mol. The third-order valence-electron chi connectivity index (χ3n) is 4.93. The Morgan fingerprint density at radius 1 is 1.00 bits per heavy atom. The Morgan fingerprint density at radius 2 is 1.68 bits per heavy atom. The van der Waals surface area contributed by atoms with Crippen LogP contribution < -0.4 is 4.90 Å². The quantitative estimate of drug-likeness (QED) is 0.553. The maximum absolute atomic E-state index is 13.4. The molecule has 2 amide bonds. The fourth-order valence-electron chi connectivity index (χ4n) is 3.51. The van der Waals surface area contributed by atoms with Crippen molar-refractivity contribution in [2.75, 3.05) is 4.90 Å². The van der Waals surface area contributed by atoms with Crippen LogP contribution in [-0.4, -0.2) is 27.1 Å². The zero-order chi connectivity index (χ0) is 20.0. The molecule has 0 atom stereocenters. The number of benzene rings is 2. The summed E-state index contributed by atoms with van der Waals surface area (Å²) in [4.78, 5) is 30.1. The molecule has 2 aliphatic rings. The van der Waals surface area contributed by atoms with E-state index in [1.54, 1.807) is 9.80 Å². The largest absolute Gasteiger partial charge is 0.303 e. The van der Waals surface area contributed by atoms with Gasteiger partial charge in [0, 0.05) is 11.6 Å². The molecule has 4 nitrogen and oxygen atoms in total. The smallest absolute Gasteiger partial charge is 0.267 e. The molecule has 0 aliphatic carbocycles. The van der Waals surface area contributed by atoms with Gasteiger partial charge in [-0.3, -0.25) is 14.5 Å². The van der Waals surface area contributed by atoms with Gasteiger partial charge in [-0.05, 0) is 32.4 Å². The Balaban J connectivity index is 1.78. The zero-order valence-corrected chi connectivity index (χ0v) is 17.6. The number of nitrogens with zero attached hydrogens (tertiary/aromatic N) is 2. The summed E-state index contributed by atoms with van der Waals surface area (Å²) in [7, 11) is 0. The summed E-state index contributed by atoms with van der Waals surface area (Å²) >= 11 is 6.62. The number of hydrogen-bond donors (Lipinski definition) is 0. The number of aryl methyl sites for hydroxylation is 1. The second-order valence-corrected chi connectivity index (χ2v) is 8.88. The number of thiocarbonyl (C=S) groups is 1. The van der Waals surface area contributed by atoms with Crippen molar-refractivity contribution in [1.29, 1.82) is 0 Å². The second kappa shape index (κ2) is 7.18. The second-order valence-electron chi connectivity index (χ2n) is 7.24. The van der Waals surface area contributed by atoms with E-state index in [0.29, 0.717) is 21.3 Å². The number of para-hydroxylation sites is 1. The van der Waals surface area contributed by atoms with Crippen molar-refractivity contribution in [2.24, 2.45) is 0 Å². The molecule has 4 rings (SSSR count). The summed E-state index contributed by atoms with van der Waals surface area (Å²) in [6.45, 7) is 6.35. The summed E-state index contributed by atoms with van der Waals surface area (Å²) in [5, 5.41) is 0. The molecule has 0 bridgehead atoms. The normalized spacial score (nSPS) is 19.2. The van der Waals surface area contributed by atoms with Gasteiger partial charge >= 0.3 is 0 Å². The summed E-state index contributed by atoms with van der Waals surface area (Å²) < 4.78 is 0.504. The molecule has 28 heavy (non-hydrogen) atoms. The first-order chi connectivity index (χ1) is 13.4. The van der Waals surface area contributed by atoms with Gasteiger partial charge in [-0.25, -0.2) is 0 Å². The van der Waals surface area contributed by atoms with Crippen molar-refractivity contribution in [3.05, 3.63) is 70.1 Å². The van der Waals surface area contributed by atoms with Gasteiger partial charge in [0.05, 0.1) is 22.7 Å². The first kappa shape index (κ1) is 18.9. The van der Waals surface area contributed by atoms with Crippen LogP contribution in [0.1, 0.15) is 30.5 Å². The molecule has 142 valence electrons. The van der Waals surface area contributed by atoms with Crippen LogP contribution in [-0.2, 0) is 16.1 Å². The average Bonchev–Trinajstić information content (AvgIpc) is 3.10. The fourth-order valence-corrected chi connectivity index (χ4v) is 5.10. The summed E-state index contributed by atoms with van der Waals surface area (Å²) in [5.74, 6) is -0.327. The third kappa shape index (κ3) is 3.06. The van der Waals surface area contributed by atoms with Crippen LogP contribution in [0, 0.1) is 6.92 Å². The van der Waals surface area contributed by atoms with Crippen LogP contribution in [0.2, 0.25) is 0 Å². The van der Waals surface area contributed by atoms with E-state index in [1.807, 2.05) is 69.3 Å². The van der Waals surface area contributed by atoms with Crippen molar-refractivity contribution in [3.63, 3.8) is 0 Å². The van der Waals surface area contributed by atoms with Crippen LogP contribution in [0.5, 0.6) is 0 Å². The number of carbonyl (C=O) groups is 2. The van der Waals surface area contributed by atoms with E-state index in [-0.39, 0.29) is 17.9 Å². The lowest BCUT2D eigenvalue weighted by Gasteiger charge is -2.18. The summed E-state index contributed by atoms with van der Waals surface area (Å²) in [6, 6.07) is 15.7. The van der Waals surface area contributed by atoms with Crippen LogP contribution in [0.25, 0.3) is 5.57 Å². The Hall–Kier alpha value is -2.44. The lowest BCUT2D eigenvalue weighted by Crippen LogP contribution is -2.34. The van der Waals surface area contributed by atoms with Gasteiger partial charge in [0.25, 0.3) is 11.8 Å². The topological polar surface area (TPSA) is 40.6 Å². The Labute approximate surface area is 174 Å². The highest BCUT2D eigenvalue weighted by molar-refractivity contribution is 8.26. The standard InChI is InChI=1S/C22H20N2O2S2/c1-13(2)24-21(26)19(28-22(24)27)18-16-6-4-5-7-17(16)23(20(18)25)12-15-10-8-14(3)9-11-15/h4-11,13H,12H2,1-3H3/b19-18-. The van der Waals surface area contributed by atoms with Gasteiger partial charge in [-0.2, -0.15) is 0 Å². The van der Waals surface area contributed by atoms with Crippen LogP contribution in [0.3, 0.4) is 0 Å². The van der Waals surface area contributed by atoms with Crippen molar-refractivity contribution >= 4 is 51.4 Å². The lowest BCUT2D eigenvalue weighted by atomic mass is 10.1. The molecule has 2 heterocycles. The van der Waals surface area contributed by atoms with Crippen molar-refractivity contribution in [3.8, 4) is 0 Å². The van der Waals surface area contributed by atoms with Crippen molar-refractivity contribution in [1.82, 2.24) is 4.90 Å². The van der Waals surface area contributed by atoms with Crippen molar-refractivity contribution < 1.29 is 9.59 Å². The van der Waals surface area contributed by atoms with E-state index in [0.717, 1.165) is 16.8 Å². The van der Waals surface area contributed by atoms with E-state index in [4.69, 9.17) is 12.2 Å². The fraction of sp³-hybridized carbons (Fsp3) is 0.227. The maximum Gasteiger partial charge on any atom is 0.267 e. The number of thioether (sulfide) groups is 1. The molecule has 6 heteroatoms. The first-order valence-corrected chi connectivity index (χ1v) is 10.4. The van der Waals surface area contributed by atoms with E-state index in [1.165, 1.54) is 17.3 Å². The predicted octanol–water partition coefficient (Wildman–Crippen LogP) is 4.52. The highest BCUT2D eigenvalue weighted by Crippen LogP contribution is 2.45. The number of carbonyl (C=O) groups excluding carboxylic acids is 2. The SMILES string of the molecule is Cc1ccc(CN2C(=O)/C(=C3\SC(=S)N(C(C)C)C3=O)c3ccccc32)cc1. The summed E-state index contributed by atoms with van der Waals surface area (Å²) in [5.41, 5.74) is 4.31. The van der Waals surface area contributed by atoms with Crippen LogP contribution >= 0.6 is 24.0 Å².